The minimum absolute atomic E-state index is 0.255. The molecule has 5 heteroatoms. The average Bonchev–Trinajstić information content (AvgIpc) is 2.80. The van der Waals surface area contributed by atoms with Crippen LogP contribution in [0.1, 0.15) is 11.9 Å². The largest absolute Gasteiger partial charge is 0.458 e. The molecule has 0 saturated carbocycles. The van der Waals surface area contributed by atoms with Gasteiger partial charge in [0.2, 0.25) is 0 Å². The van der Waals surface area contributed by atoms with Gasteiger partial charge in [-0.05, 0) is 31.3 Å². The number of aliphatic hydroxyl groups is 1. The Morgan fingerprint density at radius 2 is 2.26 bits per heavy atom. The lowest BCUT2D eigenvalue weighted by atomic mass is 10.1. The number of aliphatic hydroxyl groups excluding tert-OH is 1. The standard InChI is InChI=1S/C14H16ClNO3/c1-16-4-5-18-13(8-16)14(17)12-7-9-6-10(15)2-3-11(9)19-12/h2-3,6-7,13-14,17H,4-5,8H2,1H3. The van der Waals surface area contributed by atoms with Gasteiger partial charge in [0.1, 0.15) is 23.6 Å². The SMILES string of the molecule is CN1CCOC(C(O)c2cc3cc(Cl)ccc3o2)C1. The highest BCUT2D eigenvalue weighted by molar-refractivity contribution is 6.31. The molecule has 2 unspecified atom stereocenters. The zero-order chi connectivity index (χ0) is 13.4. The lowest BCUT2D eigenvalue weighted by Gasteiger charge is -2.32. The topological polar surface area (TPSA) is 45.8 Å². The lowest BCUT2D eigenvalue weighted by molar-refractivity contribution is -0.0898. The molecule has 19 heavy (non-hydrogen) atoms. The van der Waals surface area contributed by atoms with Crippen LogP contribution in [0.25, 0.3) is 11.0 Å². The summed E-state index contributed by atoms with van der Waals surface area (Å²) >= 11 is 5.94. The minimum atomic E-state index is -0.756. The molecular formula is C14H16ClNO3. The molecule has 2 aromatic rings. The third kappa shape index (κ3) is 2.62. The monoisotopic (exact) mass is 281 g/mol. The van der Waals surface area contributed by atoms with Crippen LogP contribution in [-0.4, -0.2) is 42.9 Å². The second-order valence-corrected chi connectivity index (χ2v) is 5.38. The first-order valence-corrected chi connectivity index (χ1v) is 6.68. The molecule has 3 rings (SSSR count). The number of furan rings is 1. The first-order chi connectivity index (χ1) is 9.13. The number of ether oxygens (including phenoxy) is 1. The molecule has 1 saturated heterocycles. The summed E-state index contributed by atoms with van der Waals surface area (Å²) in [6.07, 6.45) is -1.01. The van der Waals surface area contributed by atoms with E-state index in [9.17, 15) is 5.11 Å². The van der Waals surface area contributed by atoms with Gasteiger partial charge in [-0.2, -0.15) is 0 Å². The van der Waals surface area contributed by atoms with Crippen LogP contribution in [0, 0.1) is 0 Å². The number of morpholine rings is 1. The number of likely N-dealkylation sites (N-methyl/N-ethyl adjacent to an activating group) is 1. The highest BCUT2D eigenvalue weighted by atomic mass is 35.5. The predicted molar refractivity (Wildman–Crippen MR) is 73.4 cm³/mol. The predicted octanol–water partition coefficient (Wildman–Crippen LogP) is 2.45. The number of halogens is 1. The van der Waals surface area contributed by atoms with Gasteiger partial charge in [0.25, 0.3) is 0 Å². The van der Waals surface area contributed by atoms with Crippen LogP contribution in [0.3, 0.4) is 0 Å². The van der Waals surface area contributed by atoms with Gasteiger partial charge in [0, 0.05) is 23.5 Å². The van der Waals surface area contributed by atoms with Gasteiger partial charge in [0.05, 0.1) is 6.61 Å². The Kier molecular flexibility index (Phi) is 3.50. The van der Waals surface area contributed by atoms with E-state index >= 15 is 0 Å². The van der Waals surface area contributed by atoms with E-state index in [4.69, 9.17) is 20.8 Å². The summed E-state index contributed by atoms with van der Waals surface area (Å²) in [7, 11) is 2.01. The van der Waals surface area contributed by atoms with Gasteiger partial charge in [-0.3, -0.25) is 0 Å². The number of rotatable bonds is 2. The molecule has 4 nitrogen and oxygen atoms in total. The Bertz CT molecular complexity index is 583. The van der Waals surface area contributed by atoms with Crippen LogP contribution in [-0.2, 0) is 4.74 Å². The Balaban J connectivity index is 1.86. The average molecular weight is 282 g/mol. The fourth-order valence-corrected chi connectivity index (χ4v) is 2.55. The Morgan fingerprint density at radius 1 is 1.42 bits per heavy atom. The Labute approximate surface area is 116 Å². The van der Waals surface area contributed by atoms with Crippen LogP contribution in [0.15, 0.2) is 28.7 Å². The van der Waals surface area contributed by atoms with E-state index in [2.05, 4.69) is 4.90 Å². The van der Waals surface area contributed by atoms with Crippen LogP contribution in [0.4, 0.5) is 0 Å². The molecule has 0 amide bonds. The van der Waals surface area contributed by atoms with Crippen molar-refractivity contribution in [3.63, 3.8) is 0 Å². The van der Waals surface area contributed by atoms with Crippen molar-refractivity contribution < 1.29 is 14.3 Å². The smallest absolute Gasteiger partial charge is 0.139 e. The second kappa shape index (κ2) is 5.13. The quantitative estimate of drug-likeness (QED) is 0.918. The summed E-state index contributed by atoms with van der Waals surface area (Å²) in [5.74, 6) is 0.526. The Morgan fingerprint density at radius 3 is 3.05 bits per heavy atom. The number of fused-ring (bicyclic) bond motifs is 1. The van der Waals surface area contributed by atoms with Gasteiger partial charge >= 0.3 is 0 Å². The normalized spacial score (nSPS) is 22.8. The molecule has 1 aliphatic rings. The summed E-state index contributed by atoms with van der Waals surface area (Å²) in [6.45, 7) is 2.21. The molecule has 2 atom stereocenters. The summed E-state index contributed by atoms with van der Waals surface area (Å²) in [5.41, 5.74) is 0.725. The fourth-order valence-electron chi connectivity index (χ4n) is 2.37. The maximum atomic E-state index is 10.4. The van der Waals surface area contributed by atoms with Crippen molar-refractivity contribution in [2.24, 2.45) is 0 Å². The van der Waals surface area contributed by atoms with Crippen LogP contribution in [0.5, 0.6) is 0 Å². The molecular weight excluding hydrogens is 266 g/mol. The molecule has 0 spiro atoms. The van der Waals surface area contributed by atoms with Crippen LogP contribution < -0.4 is 0 Å². The number of hydrogen-bond acceptors (Lipinski definition) is 4. The Hall–Kier alpha value is -1.07. The van der Waals surface area contributed by atoms with Crippen molar-refractivity contribution >= 4 is 22.6 Å². The molecule has 1 aliphatic heterocycles. The molecule has 2 heterocycles. The first kappa shape index (κ1) is 12.9. The zero-order valence-electron chi connectivity index (χ0n) is 10.7. The van der Waals surface area contributed by atoms with Crippen molar-refractivity contribution in [3.8, 4) is 0 Å². The molecule has 1 N–H and O–H groups in total. The molecule has 102 valence electrons. The van der Waals surface area contributed by atoms with Gasteiger partial charge in [-0.25, -0.2) is 0 Å². The zero-order valence-corrected chi connectivity index (χ0v) is 11.4. The van der Waals surface area contributed by atoms with Crippen molar-refractivity contribution in [1.82, 2.24) is 4.90 Å². The van der Waals surface area contributed by atoms with Crippen molar-refractivity contribution in [1.29, 1.82) is 0 Å². The highest BCUT2D eigenvalue weighted by Gasteiger charge is 2.28. The summed E-state index contributed by atoms with van der Waals surface area (Å²) in [4.78, 5) is 2.14. The van der Waals surface area contributed by atoms with E-state index in [-0.39, 0.29) is 6.10 Å². The van der Waals surface area contributed by atoms with Crippen LogP contribution in [0.2, 0.25) is 5.02 Å². The lowest BCUT2D eigenvalue weighted by Crippen LogP contribution is -2.42. The number of benzene rings is 1. The molecule has 1 fully saturated rings. The van der Waals surface area contributed by atoms with E-state index in [1.54, 1.807) is 6.07 Å². The second-order valence-electron chi connectivity index (χ2n) is 4.95. The van der Waals surface area contributed by atoms with E-state index in [0.717, 1.165) is 17.5 Å². The first-order valence-electron chi connectivity index (χ1n) is 6.31. The summed E-state index contributed by atoms with van der Waals surface area (Å²) in [6, 6.07) is 7.23. The van der Waals surface area contributed by atoms with Gasteiger partial charge in [0.15, 0.2) is 0 Å². The number of nitrogens with zero attached hydrogens (tertiary/aromatic N) is 1. The van der Waals surface area contributed by atoms with E-state index in [1.807, 2.05) is 25.2 Å². The maximum absolute atomic E-state index is 10.4. The summed E-state index contributed by atoms with van der Waals surface area (Å²) in [5, 5.41) is 11.9. The van der Waals surface area contributed by atoms with Crippen molar-refractivity contribution in [3.05, 3.63) is 35.0 Å². The highest BCUT2D eigenvalue weighted by Crippen LogP contribution is 2.29. The van der Waals surface area contributed by atoms with E-state index in [1.165, 1.54) is 0 Å². The van der Waals surface area contributed by atoms with Gasteiger partial charge < -0.3 is 19.2 Å². The third-order valence-corrected chi connectivity index (χ3v) is 3.67. The van der Waals surface area contributed by atoms with E-state index < -0.39 is 6.10 Å². The molecule has 0 aliphatic carbocycles. The van der Waals surface area contributed by atoms with E-state index in [0.29, 0.717) is 23.9 Å². The minimum Gasteiger partial charge on any atom is -0.458 e. The van der Waals surface area contributed by atoms with Crippen molar-refractivity contribution in [2.75, 3.05) is 26.7 Å². The molecule has 0 bridgehead atoms. The molecule has 1 aromatic heterocycles. The summed E-state index contributed by atoms with van der Waals surface area (Å²) < 4.78 is 11.3. The van der Waals surface area contributed by atoms with Crippen molar-refractivity contribution in [2.45, 2.75) is 12.2 Å². The number of hydrogen-bond donors (Lipinski definition) is 1. The maximum Gasteiger partial charge on any atom is 0.139 e. The molecule has 1 aromatic carbocycles. The third-order valence-electron chi connectivity index (χ3n) is 3.44. The fraction of sp³-hybridized carbons (Fsp3) is 0.429. The van der Waals surface area contributed by atoms with Gasteiger partial charge in [-0.15, -0.1) is 0 Å². The van der Waals surface area contributed by atoms with Gasteiger partial charge in [-0.1, -0.05) is 11.6 Å². The van der Waals surface area contributed by atoms with Crippen LogP contribution >= 0.6 is 11.6 Å². The molecule has 0 radical (unpaired) electrons.